The number of likely N-dealkylation sites (N-methyl/N-ethyl adjacent to an activating group) is 1. The maximum atomic E-state index is 13.3. The maximum absolute atomic E-state index is 13.3. The van der Waals surface area contributed by atoms with Gasteiger partial charge < -0.3 is 29.4 Å². The lowest BCUT2D eigenvalue weighted by molar-refractivity contribution is -0.132. The number of aromatic hydroxyl groups is 1. The molecule has 1 amide bonds. The SMILES string of the molecule is CCCCCCCCCC(=O)NC[C@H]1c2c(c(OC(C)=O)c(C)c3c2OCO3)CC2[C@H]3c4c(cc(C)c(OC)c4O)C[C@@H]([C@H](C#N)N21)N3C. The van der Waals surface area contributed by atoms with Gasteiger partial charge in [0.1, 0.15) is 11.8 Å². The molecule has 0 radical (unpaired) electrons. The number of piperazine rings is 1. The summed E-state index contributed by atoms with van der Waals surface area (Å²) >= 11 is 0. The second-order valence-electron chi connectivity index (χ2n) is 14.0. The first-order valence-corrected chi connectivity index (χ1v) is 17.8. The third-order valence-electron chi connectivity index (χ3n) is 11.0. The maximum Gasteiger partial charge on any atom is 0.308 e. The summed E-state index contributed by atoms with van der Waals surface area (Å²) in [5.74, 6) is 1.55. The van der Waals surface area contributed by atoms with E-state index in [-0.39, 0.29) is 43.1 Å². The average Bonchev–Trinajstić information content (AvgIpc) is 3.56. The van der Waals surface area contributed by atoms with Crippen molar-refractivity contribution < 1.29 is 33.6 Å². The first-order chi connectivity index (χ1) is 23.6. The van der Waals surface area contributed by atoms with Gasteiger partial charge >= 0.3 is 5.97 Å². The number of esters is 1. The molecule has 0 saturated carbocycles. The molecular weight excluding hydrogens is 624 g/mol. The van der Waals surface area contributed by atoms with Gasteiger partial charge in [-0.05, 0) is 51.3 Å². The van der Waals surface area contributed by atoms with E-state index in [0.717, 1.165) is 47.1 Å². The molecule has 2 aromatic carbocycles. The normalized spacial score (nSPS) is 23.6. The van der Waals surface area contributed by atoms with Crippen molar-refractivity contribution >= 4 is 11.9 Å². The topological polar surface area (TPSA) is 134 Å². The zero-order chi connectivity index (χ0) is 35.0. The molecule has 0 aromatic heterocycles. The smallest absolute Gasteiger partial charge is 0.308 e. The van der Waals surface area contributed by atoms with E-state index in [4.69, 9.17) is 18.9 Å². The molecule has 4 heterocycles. The lowest BCUT2D eigenvalue weighted by Crippen LogP contribution is -2.68. The number of ether oxygens (including phenoxy) is 4. The van der Waals surface area contributed by atoms with E-state index in [9.17, 15) is 20.0 Å². The van der Waals surface area contributed by atoms with Gasteiger partial charge in [0, 0.05) is 54.2 Å². The fraction of sp³-hybridized carbons (Fsp3) is 0.605. The number of carbonyl (C=O) groups is 2. The Morgan fingerprint density at radius 1 is 1.04 bits per heavy atom. The minimum atomic E-state index is -0.543. The number of fused-ring (bicyclic) bond motifs is 9. The molecule has 2 bridgehead atoms. The number of benzene rings is 2. The monoisotopic (exact) mass is 674 g/mol. The Morgan fingerprint density at radius 2 is 1.76 bits per heavy atom. The minimum Gasteiger partial charge on any atom is -0.504 e. The van der Waals surface area contributed by atoms with Crippen molar-refractivity contribution in [3.05, 3.63) is 39.4 Å². The van der Waals surface area contributed by atoms with Crippen molar-refractivity contribution in [2.75, 3.05) is 27.5 Å². The van der Waals surface area contributed by atoms with E-state index >= 15 is 0 Å². The number of phenolic OH excluding ortho intramolecular Hbond substituents is 1. The summed E-state index contributed by atoms with van der Waals surface area (Å²) in [6.45, 7) is 7.60. The summed E-state index contributed by atoms with van der Waals surface area (Å²) in [5, 5.41) is 25.8. The largest absolute Gasteiger partial charge is 0.504 e. The molecule has 264 valence electrons. The number of nitrogens with zero attached hydrogens (tertiary/aromatic N) is 3. The first-order valence-electron chi connectivity index (χ1n) is 17.8. The standard InChI is InChI=1S/C38H50N4O7/c1-7-8-9-10-11-12-13-14-30(44)40-19-29-32-25(36(49-23(4)43)22(3)37-38(32)48-20-47-37)17-27-33-31-24(15-21(2)35(46-6)34(31)45)16-26(41(33)5)28(18-39)42(27)29/h15,26-29,33,45H,7-14,16-17,19-20H2,1-6H3,(H,40,44)/t26-,27?,28-,29-,33-/m0/s1. The molecule has 5 atom stereocenters. The summed E-state index contributed by atoms with van der Waals surface area (Å²) in [7, 11) is 3.57. The van der Waals surface area contributed by atoms with Crippen molar-refractivity contribution in [2.24, 2.45) is 0 Å². The second kappa shape index (κ2) is 14.5. The van der Waals surface area contributed by atoms with Crippen molar-refractivity contribution in [1.29, 1.82) is 5.26 Å². The Balaban J connectivity index is 1.42. The van der Waals surface area contributed by atoms with Crippen LogP contribution in [-0.2, 0) is 22.4 Å². The molecule has 11 nitrogen and oxygen atoms in total. The number of aryl methyl sites for hydroxylation is 1. The van der Waals surface area contributed by atoms with Gasteiger partial charge in [0.05, 0.1) is 25.3 Å². The summed E-state index contributed by atoms with van der Waals surface area (Å²) in [4.78, 5) is 30.3. The molecule has 49 heavy (non-hydrogen) atoms. The average molecular weight is 675 g/mol. The van der Waals surface area contributed by atoms with Crippen molar-refractivity contribution in [3.63, 3.8) is 0 Å². The molecule has 0 aliphatic carbocycles. The predicted octanol–water partition coefficient (Wildman–Crippen LogP) is 5.70. The van der Waals surface area contributed by atoms with E-state index in [1.807, 2.05) is 20.9 Å². The molecule has 4 aliphatic rings. The molecule has 4 aliphatic heterocycles. The lowest BCUT2D eigenvalue weighted by atomic mass is 9.71. The van der Waals surface area contributed by atoms with E-state index in [1.165, 1.54) is 32.6 Å². The number of hydrogen-bond donors (Lipinski definition) is 2. The zero-order valence-electron chi connectivity index (χ0n) is 29.7. The Kier molecular flexibility index (Phi) is 10.3. The van der Waals surface area contributed by atoms with Gasteiger partial charge in [-0.1, -0.05) is 51.5 Å². The van der Waals surface area contributed by atoms with Crippen LogP contribution in [0.2, 0.25) is 0 Å². The molecular formula is C38H50N4O7. The van der Waals surface area contributed by atoms with Crippen LogP contribution < -0.4 is 24.3 Å². The summed E-state index contributed by atoms with van der Waals surface area (Å²) < 4.78 is 23.6. The summed E-state index contributed by atoms with van der Waals surface area (Å²) in [5.41, 5.74) is 4.84. The Bertz CT molecular complexity index is 1650. The summed E-state index contributed by atoms with van der Waals surface area (Å²) in [6.07, 6.45) is 9.24. The number of nitrogens with one attached hydrogen (secondary N) is 1. The number of methoxy groups -OCH3 is 1. The van der Waals surface area contributed by atoms with E-state index in [1.54, 1.807) is 7.11 Å². The first kappa shape index (κ1) is 34.8. The van der Waals surface area contributed by atoms with Gasteiger partial charge in [0.2, 0.25) is 12.7 Å². The van der Waals surface area contributed by atoms with E-state index in [0.29, 0.717) is 47.8 Å². The number of phenols is 1. The van der Waals surface area contributed by atoms with Crippen molar-refractivity contribution in [3.8, 4) is 34.8 Å². The zero-order valence-corrected chi connectivity index (χ0v) is 29.7. The Labute approximate surface area is 289 Å². The quantitative estimate of drug-likeness (QED) is 0.164. The highest BCUT2D eigenvalue weighted by atomic mass is 16.7. The van der Waals surface area contributed by atoms with Crippen LogP contribution in [0.4, 0.5) is 0 Å². The van der Waals surface area contributed by atoms with E-state index in [2.05, 4.69) is 34.2 Å². The van der Waals surface area contributed by atoms with Gasteiger partial charge in [-0.3, -0.25) is 19.4 Å². The van der Waals surface area contributed by atoms with Crippen LogP contribution in [0.1, 0.15) is 111 Å². The number of amides is 1. The molecule has 1 saturated heterocycles. The van der Waals surface area contributed by atoms with Gasteiger partial charge in [-0.15, -0.1) is 0 Å². The highest BCUT2D eigenvalue weighted by molar-refractivity contribution is 5.76. The fourth-order valence-corrected chi connectivity index (χ4v) is 8.85. The van der Waals surface area contributed by atoms with Gasteiger partial charge in [0.15, 0.2) is 23.0 Å². The number of unbranched alkanes of at least 4 members (excludes halogenated alkanes) is 6. The Hall–Kier alpha value is -4.01. The molecule has 6 rings (SSSR count). The van der Waals surface area contributed by atoms with Gasteiger partial charge in [-0.2, -0.15) is 5.26 Å². The molecule has 0 spiro atoms. The molecule has 1 unspecified atom stereocenters. The number of rotatable bonds is 12. The van der Waals surface area contributed by atoms with Crippen LogP contribution in [0.25, 0.3) is 0 Å². The molecule has 11 heteroatoms. The molecule has 2 aromatic rings. The third-order valence-corrected chi connectivity index (χ3v) is 11.0. The number of hydrogen-bond acceptors (Lipinski definition) is 10. The van der Waals surface area contributed by atoms with Crippen LogP contribution in [-0.4, -0.2) is 72.4 Å². The van der Waals surface area contributed by atoms with Crippen LogP contribution in [0.3, 0.4) is 0 Å². The number of nitriles is 1. The van der Waals surface area contributed by atoms with E-state index < -0.39 is 18.1 Å². The van der Waals surface area contributed by atoms with Crippen molar-refractivity contribution in [1.82, 2.24) is 15.1 Å². The summed E-state index contributed by atoms with van der Waals surface area (Å²) in [6, 6.07) is 2.85. The third kappa shape index (κ3) is 6.18. The van der Waals surface area contributed by atoms with Crippen LogP contribution in [0, 0.1) is 25.2 Å². The Morgan fingerprint density at radius 3 is 2.45 bits per heavy atom. The fourth-order valence-electron chi connectivity index (χ4n) is 8.85. The van der Waals surface area contributed by atoms with Crippen LogP contribution in [0.5, 0.6) is 28.7 Å². The number of carbonyl (C=O) groups excluding carboxylic acids is 2. The lowest BCUT2D eigenvalue weighted by Gasteiger charge is -2.60. The molecule has 2 N–H and O–H groups in total. The predicted molar refractivity (Wildman–Crippen MR) is 183 cm³/mol. The molecule has 1 fully saturated rings. The van der Waals surface area contributed by atoms with Gasteiger partial charge in [0.25, 0.3) is 0 Å². The van der Waals surface area contributed by atoms with Crippen LogP contribution >= 0.6 is 0 Å². The highest BCUT2D eigenvalue weighted by Gasteiger charge is 2.56. The van der Waals surface area contributed by atoms with Crippen LogP contribution in [0.15, 0.2) is 6.07 Å². The van der Waals surface area contributed by atoms with Crippen molar-refractivity contribution in [2.45, 2.75) is 122 Å². The minimum absolute atomic E-state index is 0.0168. The van der Waals surface area contributed by atoms with Gasteiger partial charge in [-0.25, -0.2) is 0 Å². The highest BCUT2D eigenvalue weighted by Crippen LogP contribution is 2.58. The second-order valence-corrected chi connectivity index (χ2v) is 14.0.